The summed E-state index contributed by atoms with van der Waals surface area (Å²) in [5, 5.41) is 0. The van der Waals surface area contributed by atoms with Crippen LogP contribution in [-0.2, 0) is 11.3 Å². The molecule has 0 aliphatic carbocycles. The fraction of sp³-hybridized carbons (Fsp3) is 0.400. The first kappa shape index (κ1) is 19.0. The molecule has 0 unspecified atom stereocenters. The number of hydrogen-bond donors (Lipinski definition) is 0. The minimum atomic E-state index is 0.180. The number of nitrogens with zero attached hydrogens (tertiary/aromatic N) is 1. The SMILES string of the molecule is CC.CC(C)Oc1cccc(N(C)COCc2ccccc2)c1. The van der Waals surface area contributed by atoms with Crippen LogP contribution in [0, 0.1) is 0 Å². The van der Waals surface area contributed by atoms with Crippen molar-refractivity contribution in [1.82, 2.24) is 0 Å². The van der Waals surface area contributed by atoms with Gasteiger partial charge in [0, 0.05) is 18.8 Å². The first-order chi connectivity index (χ1) is 11.1. The first-order valence-corrected chi connectivity index (χ1v) is 8.24. The summed E-state index contributed by atoms with van der Waals surface area (Å²) < 4.78 is 11.5. The van der Waals surface area contributed by atoms with E-state index < -0.39 is 0 Å². The van der Waals surface area contributed by atoms with Gasteiger partial charge in [-0.2, -0.15) is 0 Å². The summed E-state index contributed by atoms with van der Waals surface area (Å²) in [6.45, 7) is 9.21. The minimum Gasteiger partial charge on any atom is -0.491 e. The molecule has 2 aromatic rings. The third-order valence-corrected chi connectivity index (χ3v) is 3.03. The van der Waals surface area contributed by atoms with Crippen LogP contribution in [0.2, 0.25) is 0 Å². The Morgan fingerprint density at radius 2 is 1.65 bits per heavy atom. The van der Waals surface area contributed by atoms with Crippen LogP contribution in [0.15, 0.2) is 54.6 Å². The number of hydrogen-bond acceptors (Lipinski definition) is 3. The predicted molar refractivity (Wildman–Crippen MR) is 98.1 cm³/mol. The van der Waals surface area contributed by atoms with Crippen molar-refractivity contribution in [2.75, 3.05) is 18.7 Å². The van der Waals surface area contributed by atoms with Gasteiger partial charge in [0.15, 0.2) is 0 Å². The van der Waals surface area contributed by atoms with Gasteiger partial charge in [0.1, 0.15) is 12.5 Å². The van der Waals surface area contributed by atoms with E-state index in [9.17, 15) is 0 Å². The summed E-state index contributed by atoms with van der Waals surface area (Å²) in [4.78, 5) is 2.07. The van der Waals surface area contributed by atoms with Crippen LogP contribution in [0.25, 0.3) is 0 Å². The van der Waals surface area contributed by atoms with E-state index in [-0.39, 0.29) is 6.10 Å². The van der Waals surface area contributed by atoms with Crippen molar-refractivity contribution in [3.05, 3.63) is 60.2 Å². The summed E-state index contributed by atoms with van der Waals surface area (Å²) in [5.41, 5.74) is 2.27. The molecule has 23 heavy (non-hydrogen) atoms. The zero-order chi connectivity index (χ0) is 17.1. The molecular weight excluding hydrogens is 286 g/mol. The summed E-state index contributed by atoms with van der Waals surface area (Å²) >= 11 is 0. The predicted octanol–water partition coefficient (Wildman–Crippen LogP) is 5.11. The van der Waals surface area contributed by atoms with Crippen LogP contribution in [0.1, 0.15) is 33.3 Å². The van der Waals surface area contributed by atoms with Crippen molar-refractivity contribution >= 4 is 5.69 Å². The van der Waals surface area contributed by atoms with Gasteiger partial charge in [-0.25, -0.2) is 0 Å². The van der Waals surface area contributed by atoms with E-state index >= 15 is 0 Å². The lowest BCUT2D eigenvalue weighted by Crippen LogP contribution is -2.20. The Labute approximate surface area is 140 Å². The van der Waals surface area contributed by atoms with Crippen molar-refractivity contribution in [3.8, 4) is 5.75 Å². The smallest absolute Gasteiger partial charge is 0.121 e. The second-order valence-corrected chi connectivity index (χ2v) is 5.33. The Bertz CT molecular complexity index is 540. The lowest BCUT2D eigenvalue weighted by Gasteiger charge is -2.20. The van der Waals surface area contributed by atoms with Crippen molar-refractivity contribution in [3.63, 3.8) is 0 Å². The Morgan fingerprint density at radius 3 is 2.30 bits per heavy atom. The molecule has 0 amide bonds. The van der Waals surface area contributed by atoms with Crippen molar-refractivity contribution < 1.29 is 9.47 Å². The van der Waals surface area contributed by atoms with Gasteiger partial charge in [0.25, 0.3) is 0 Å². The zero-order valence-electron chi connectivity index (χ0n) is 15.0. The molecule has 0 aliphatic heterocycles. The highest BCUT2D eigenvalue weighted by Crippen LogP contribution is 2.21. The molecule has 0 bridgehead atoms. The van der Waals surface area contributed by atoms with Crippen LogP contribution in [0.3, 0.4) is 0 Å². The third-order valence-electron chi connectivity index (χ3n) is 3.03. The van der Waals surface area contributed by atoms with Gasteiger partial charge in [0.2, 0.25) is 0 Å². The van der Waals surface area contributed by atoms with Crippen LogP contribution >= 0.6 is 0 Å². The van der Waals surface area contributed by atoms with Gasteiger partial charge >= 0.3 is 0 Å². The van der Waals surface area contributed by atoms with E-state index in [4.69, 9.17) is 9.47 Å². The Kier molecular flexibility index (Phi) is 8.85. The average Bonchev–Trinajstić information content (AvgIpc) is 2.57. The standard InChI is InChI=1S/C18H23NO2.C2H6/c1-15(2)21-18-11-7-10-17(12-18)19(3)14-20-13-16-8-5-4-6-9-16;1-2/h4-12,15H,13-14H2,1-3H3;1-2H3. The van der Waals surface area contributed by atoms with Crippen LogP contribution in [-0.4, -0.2) is 19.9 Å². The second-order valence-electron chi connectivity index (χ2n) is 5.33. The molecule has 0 heterocycles. The maximum Gasteiger partial charge on any atom is 0.121 e. The quantitative estimate of drug-likeness (QED) is 0.663. The van der Waals surface area contributed by atoms with Gasteiger partial charge in [-0.1, -0.05) is 50.2 Å². The van der Waals surface area contributed by atoms with Gasteiger partial charge in [0.05, 0.1) is 12.7 Å². The summed E-state index contributed by atoms with van der Waals surface area (Å²) in [6, 6.07) is 18.3. The Hall–Kier alpha value is -2.00. The molecule has 0 aliphatic rings. The van der Waals surface area contributed by atoms with Gasteiger partial charge in [-0.3, -0.25) is 0 Å². The second kappa shape index (κ2) is 10.7. The van der Waals surface area contributed by atoms with Crippen molar-refractivity contribution in [1.29, 1.82) is 0 Å². The molecule has 0 radical (unpaired) electrons. The Balaban J connectivity index is 0.00000127. The average molecular weight is 315 g/mol. The van der Waals surface area contributed by atoms with E-state index in [2.05, 4.69) is 23.1 Å². The molecule has 0 N–H and O–H groups in total. The fourth-order valence-electron chi connectivity index (χ4n) is 2.02. The molecule has 0 saturated heterocycles. The van der Waals surface area contributed by atoms with E-state index in [0.29, 0.717) is 13.3 Å². The number of anilines is 1. The molecule has 0 saturated carbocycles. The maximum atomic E-state index is 5.74. The van der Waals surface area contributed by atoms with Crippen molar-refractivity contribution in [2.24, 2.45) is 0 Å². The van der Waals surface area contributed by atoms with Gasteiger partial charge in [-0.05, 0) is 31.5 Å². The highest BCUT2D eigenvalue weighted by atomic mass is 16.5. The highest BCUT2D eigenvalue weighted by molar-refractivity contribution is 5.49. The lowest BCUT2D eigenvalue weighted by molar-refractivity contribution is 0.124. The molecule has 0 atom stereocenters. The summed E-state index contributed by atoms with van der Waals surface area (Å²) in [5.74, 6) is 0.886. The van der Waals surface area contributed by atoms with Gasteiger partial charge in [-0.15, -0.1) is 0 Å². The third kappa shape index (κ3) is 7.20. The summed E-state index contributed by atoms with van der Waals surface area (Å²) in [6.07, 6.45) is 0.180. The number of ether oxygens (including phenoxy) is 2. The zero-order valence-corrected chi connectivity index (χ0v) is 15.0. The van der Waals surface area contributed by atoms with Crippen LogP contribution < -0.4 is 9.64 Å². The highest BCUT2D eigenvalue weighted by Gasteiger charge is 2.04. The molecular formula is C20H29NO2. The van der Waals surface area contributed by atoms with Crippen molar-refractivity contribution in [2.45, 2.75) is 40.4 Å². The molecule has 0 aromatic heterocycles. The molecule has 2 aromatic carbocycles. The molecule has 3 nitrogen and oxygen atoms in total. The summed E-state index contributed by atoms with van der Waals surface area (Å²) in [7, 11) is 2.01. The maximum absolute atomic E-state index is 5.74. The van der Waals surface area contributed by atoms with Gasteiger partial charge < -0.3 is 14.4 Å². The minimum absolute atomic E-state index is 0.180. The molecule has 0 spiro atoms. The molecule has 2 rings (SSSR count). The van der Waals surface area contributed by atoms with E-state index in [1.165, 1.54) is 5.56 Å². The van der Waals surface area contributed by atoms with E-state index in [1.807, 2.05) is 71.1 Å². The number of rotatable bonds is 7. The largest absolute Gasteiger partial charge is 0.491 e. The Morgan fingerprint density at radius 1 is 0.957 bits per heavy atom. The number of benzene rings is 2. The van der Waals surface area contributed by atoms with E-state index in [0.717, 1.165) is 11.4 Å². The van der Waals surface area contributed by atoms with Crippen LogP contribution in [0.5, 0.6) is 5.75 Å². The lowest BCUT2D eigenvalue weighted by atomic mass is 10.2. The van der Waals surface area contributed by atoms with Crippen LogP contribution in [0.4, 0.5) is 5.69 Å². The molecule has 126 valence electrons. The molecule has 3 heteroatoms. The fourth-order valence-corrected chi connectivity index (χ4v) is 2.02. The molecule has 0 fully saturated rings. The monoisotopic (exact) mass is 315 g/mol. The van der Waals surface area contributed by atoms with E-state index in [1.54, 1.807) is 0 Å². The topological polar surface area (TPSA) is 21.7 Å². The first-order valence-electron chi connectivity index (χ1n) is 8.24. The normalized spacial score (nSPS) is 10.0.